The molecule has 18 heavy (non-hydrogen) atoms. The largest absolute Gasteiger partial charge is 0.486 e. The van der Waals surface area contributed by atoms with E-state index in [2.05, 4.69) is 13.8 Å². The molecule has 0 heterocycles. The predicted octanol–water partition coefficient (Wildman–Crippen LogP) is 2.76. The third-order valence-electron chi connectivity index (χ3n) is 2.83. The highest BCUT2D eigenvalue weighted by molar-refractivity contribution is 6.30. The SMILES string of the molecule is Cc1ccc(Cl)cc1OC(CO)C(N)CC(C)C. The number of ether oxygens (including phenoxy) is 1. The molecule has 0 aromatic heterocycles. The number of aliphatic hydroxyl groups excluding tert-OH is 1. The van der Waals surface area contributed by atoms with Gasteiger partial charge in [-0.1, -0.05) is 31.5 Å². The summed E-state index contributed by atoms with van der Waals surface area (Å²) in [7, 11) is 0. The Labute approximate surface area is 114 Å². The monoisotopic (exact) mass is 271 g/mol. The van der Waals surface area contributed by atoms with E-state index in [0.29, 0.717) is 16.7 Å². The van der Waals surface area contributed by atoms with Gasteiger partial charge in [-0.2, -0.15) is 0 Å². The fourth-order valence-electron chi connectivity index (χ4n) is 1.82. The number of hydrogen-bond acceptors (Lipinski definition) is 3. The van der Waals surface area contributed by atoms with Gasteiger partial charge in [-0.15, -0.1) is 0 Å². The quantitative estimate of drug-likeness (QED) is 0.836. The minimum Gasteiger partial charge on any atom is -0.486 e. The number of aliphatic hydroxyl groups is 1. The van der Waals surface area contributed by atoms with Crippen molar-refractivity contribution in [1.82, 2.24) is 0 Å². The zero-order valence-corrected chi connectivity index (χ0v) is 11.9. The number of nitrogens with two attached hydrogens (primary N) is 1. The Kier molecular flexibility index (Phi) is 5.93. The lowest BCUT2D eigenvalue weighted by molar-refractivity contribution is 0.0876. The van der Waals surface area contributed by atoms with Crippen molar-refractivity contribution in [2.24, 2.45) is 11.7 Å². The highest BCUT2D eigenvalue weighted by Gasteiger charge is 2.20. The first-order valence-corrected chi connectivity index (χ1v) is 6.61. The van der Waals surface area contributed by atoms with Crippen molar-refractivity contribution in [3.8, 4) is 5.75 Å². The summed E-state index contributed by atoms with van der Waals surface area (Å²) in [6, 6.07) is 5.27. The molecule has 0 fully saturated rings. The molecule has 4 heteroatoms. The molecular formula is C14H22ClNO2. The van der Waals surface area contributed by atoms with Crippen molar-refractivity contribution in [3.05, 3.63) is 28.8 Å². The molecule has 0 amide bonds. The van der Waals surface area contributed by atoms with E-state index in [1.54, 1.807) is 6.07 Å². The summed E-state index contributed by atoms with van der Waals surface area (Å²) >= 11 is 5.93. The van der Waals surface area contributed by atoms with Crippen molar-refractivity contribution in [1.29, 1.82) is 0 Å². The third kappa shape index (κ3) is 4.48. The van der Waals surface area contributed by atoms with Gasteiger partial charge in [0.05, 0.1) is 6.61 Å². The van der Waals surface area contributed by atoms with Gasteiger partial charge in [0, 0.05) is 11.1 Å². The van der Waals surface area contributed by atoms with Crippen LogP contribution in [0.3, 0.4) is 0 Å². The maximum atomic E-state index is 9.39. The third-order valence-corrected chi connectivity index (χ3v) is 3.06. The number of aryl methyl sites for hydroxylation is 1. The first kappa shape index (κ1) is 15.3. The van der Waals surface area contributed by atoms with Crippen LogP contribution in [-0.2, 0) is 0 Å². The second-order valence-electron chi connectivity index (χ2n) is 5.04. The number of benzene rings is 1. The van der Waals surface area contributed by atoms with E-state index < -0.39 is 6.10 Å². The molecule has 0 aliphatic heterocycles. The lowest BCUT2D eigenvalue weighted by Gasteiger charge is -2.25. The summed E-state index contributed by atoms with van der Waals surface area (Å²) in [6.07, 6.45) is 0.412. The van der Waals surface area contributed by atoms with Crippen molar-refractivity contribution in [3.63, 3.8) is 0 Å². The Hall–Kier alpha value is -0.770. The van der Waals surface area contributed by atoms with E-state index in [1.165, 1.54) is 0 Å². The predicted molar refractivity (Wildman–Crippen MR) is 75.1 cm³/mol. The zero-order valence-electron chi connectivity index (χ0n) is 11.2. The minimum absolute atomic E-state index is 0.0974. The van der Waals surface area contributed by atoms with E-state index in [1.807, 2.05) is 19.1 Å². The summed E-state index contributed by atoms with van der Waals surface area (Å²) in [5.41, 5.74) is 7.03. The van der Waals surface area contributed by atoms with Crippen molar-refractivity contribution in [2.45, 2.75) is 39.3 Å². The molecule has 1 aromatic rings. The molecule has 0 saturated heterocycles. The lowest BCUT2D eigenvalue weighted by atomic mass is 10.0. The molecule has 3 nitrogen and oxygen atoms in total. The molecule has 3 N–H and O–H groups in total. The second kappa shape index (κ2) is 6.98. The zero-order chi connectivity index (χ0) is 13.7. The van der Waals surface area contributed by atoms with E-state index in [-0.39, 0.29) is 12.6 Å². The maximum absolute atomic E-state index is 9.39. The van der Waals surface area contributed by atoms with E-state index >= 15 is 0 Å². The standard InChI is InChI=1S/C14H22ClNO2/c1-9(2)6-12(16)14(8-17)18-13-7-11(15)5-4-10(13)3/h4-5,7,9,12,14,17H,6,8,16H2,1-3H3. The van der Waals surface area contributed by atoms with Crippen LogP contribution >= 0.6 is 11.6 Å². The van der Waals surface area contributed by atoms with Crippen LogP contribution < -0.4 is 10.5 Å². The molecule has 0 bridgehead atoms. The van der Waals surface area contributed by atoms with Crippen molar-refractivity contribution >= 4 is 11.6 Å². The summed E-state index contributed by atoms with van der Waals surface area (Å²) in [5.74, 6) is 1.15. The molecule has 2 atom stereocenters. The minimum atomic E-state index is -0.399. The maximum Gasteiger partial charge on any atom is 0.137 e. The van der Waals surface area contributed by atoms with Crippen LogP contribution in [-0.4, -0.2) is 23.9 Å². The van der Waals surface area contributed by atoms with Crippen LogP contribution in [0.4, 0.5) is 0 Å². The van der Waals surface area contributed by atoms with Gasteiger partial charge < -0.3 is 15.6 Å². The highest BCUT2D eigenvalue weighted by atomic mass is 35.5. The molecule has 0 aliphatic rings. The molecule has 1 rings (SSSR count). The van der Waals surface area contributed by atoms with Gasteiger partial charge in [0.25, 0.3) is 0 Å². The molecule has 0 spiro atoms. The fourth-order valence-corrected chi connectivity index (χ4v) is 1.98. The van der Waals surface area contributed by atoms with Crippen LogP contribution in [0, 0.1) is 12.8 Å². The summed E-state index contributed by atoms with van der Waals surface area (Å²) < 4.78 is 5.78. The first-order chi connectivity index (χ1) is 8.43. The molecule has 102 valence electrons. The second-order valence-corrected chi connectivity index (χ2v) is 5.48. The number of rotatable bonds is 6. The van der Waals surface area contributed by atoms with Gasteiger partial charge in [0.1, 0.15) is 11.9 Å². The van der Waals surface area contributed by atoms with Crippen molar-refractivity contribution < 1.29 is 9.84 Å². The van der Waals surface area contributed by atoms with E-state index in [4.69, 9.17) is 22.1 Å². The van der Waals surface area contributed by atoms with Gasteiger partial charge in [-0.25, -0.2) is 0 Å². The van der Waals surface area contributed by atoms with Gasteiger partial charge >= 0.3 is 0 Å². The van der Waals surface area contributed by atoms with Gasteiger partial charge in [0.2, 0.25) is 0 Å². The Bertz CT molecular complexity index is 382. The van der Waals surface area contributed by atoms with Crippen molar-refractivity contribution in [2.75, 3.05) is 6.61 Å². The van der Waals surface area contributed by atoms with Gasteiger partial charge in [-0.3, -0.25) is 0 Å². The molecular weight excluding hydrogens is 250 g/mol. The number of halogens is 1. The number of hydrogen-bond donors (Lipinski definition) is 2. The Morgan fingerprint density at radius 2 is 2.06 bits per heavy atom. The Morgan fingerprint density at radius 3 is 2.61 bits per heavy atom. The Balaban J connectivity index is 2.76. The summed E-state index contributed by atoms with van der Waals surface area (Å²) in [5, 5.41) is 10.0. The molecule has 0 aliphatic carbocycles. The van der Waals surface area contributed by atoms with Crippen LogP contribution in [0.25, 0.3) is 0 Å². The normalized spacial score (nSPS) is 14.6. The summed E-state index contributed by atoms with van der Waals surface area (Å²) in [6.45, 7) is 6.03. The molecule has 2 unspecified atom stereocenters. The van der Waals surface area contributed by atoms with Crippen LogP contribution in [0.1, 0.15) is 25.8 Å². The summed E-state index contributed by atoms with van der Waals surface area (Å²) in [4.78, 5) is 0. The topological polar surface area (TPSA) is 55.5 Å². The Morgan fingerprint density at radius 1 is 1.39 bits per heavy atom. The first-order valence-electron chi connectivity index (χ1n) is 6.23. The van der Waals surface area contributed by atoms with E-state index in [9.17, 15) is 5.11 Å². The van der Waals surface area contributed by atoms with E-state index in [0.717, 1.165) is 12.0 Å². The average molecular weight is 272 g/mol. The molecule has 1 aromatic carbocycles. The van der Waals surface area contributed by atoms with Gasteiger partial charge in [0.15, 0.2) is 0 Å². The van der Waals surface area contributed by atoms with Crippen LogP contribution in [0.15, 0.2) is 18.2 Å². The lowest BCUT2D eigenvalue weighted by Crippen LogP contribution is -2.42. The highest BCUT2D eigenvalue weighted by Crippen LogP contribution is 2.24. The van der Waals surface area contributed by atoms with Crippen LogP contribution in [0.5, 0.6) is 5.75 Å². The smallest absolute Gasteiger partial charge is 0.137 e. The van der Waals surface area contributed by atoms with Gasteiger partial charge in [-0.05, 0) is 37.0 Å². The molecule has 0 saturated carbocycles. The molecule has 0 radical (unpaired) electrons. The fraction of sp³-hybridized carbons (Fsp3) is 0.571. The van der Waals surface area contributed by atoms with Crippen LogP contribution in [0.2, 0.25) is 5.02 Å². The average Bonchev–Trinajstić information content (AvgIpc) is 2.29.